The van der Waals surface area contributed by atoms with E-state index in [9.17, 15) is 18.0 Å². The van der Waals surface area contributed by atoms with Crippen LogP contribution in [0.4, 0.5) is 0 Å². The molecule has 3 aromatic carbocycles. The molecule has 0 radical (unpaired) electrons. The number of amides is 2. The van der Waals surface area contributed by atoms with Gasteiger partial charge in [-0.3, -0.25) is 9.59 Å². The van der Waals surface area contributed by atoms with Crippen LogP contribution in [0.15, 0.2) is 71.6 Å². The topological polar surface area (TPSA) is 101 Å². The molecule has 2 N–H and O–H groups in total. The van der Waals surface area contributed by atoms with Crippen molar-refractivity contribution in [3.05, 3.63) is 98.5 Å². The molecule has 0 saturated carbocycles. The molecule has 0 bridgehead atoms. The molecule has 0 aromatic heterocycles. The highest BCUT2D eigenvalue weighted by Gasteiger charge is 2.37. The smallest absolute Gasteiger partial charge is 0.253 e. The standard InChI is InChI=1S/C26H24Cl3N3O4S/c1-31(25(33)16-2-7-19(27)8-3-16)24-12-13-32(15-21(24)18-6-11-22(28)23(29)14-18)26(34)17-4-9-20(10-5-17)37(30,35)36/h2-11,14,21,24H,12-13,15H2,1H3,(H2,30,35,36)/t21-,24+/m0/s1. The number of likely N-dealkylation sites (N-methyl/N-ethyl adjacent to an activating group) is 1. The maximum absolute atomic E-state index is 13.3. The third-order valence-electron chi connectivity index (χ3n) is 6.57. The van der Waals surface area contributed by atoms with Crippen LogP contribution in [0.2, 0.25) is 15.1 Å². The van der Waals surface area contributed by atoms with Gasteiger partial charge in [-0.2, -0.15) is 0 Å². The first kappa shape index (κ1) is 27.4. The van der Waals surface area contributed by atoms with Gasteiger partial charge in [0, 0.05) is 48.2 Å². The molecule has 37 heavy (non-hydrogen) atoms. The summed E-state index contributed by atoms with van der Waals surface area (Å²) in [5, 5.41) is 6.49. The average Bonchev–Trinajstić information content (AvgIpc) is 2.88. The molecule has 2 amide bonds. The monoisotopic (exact) mass is 579 g/mol. The Hall–Kier alpha value is -2.62. The predicted molar refractivity (Wildman–Crippen MR) is 145 cm³/mol. The molecule has 7 nitrogen and oxygen atoms in total. The molecule has 1 saturated heterocycles. The van der Waals surface area contributed by atoms with E-state index in [2.05, 4.69) is 0 Å². The van der Waals surface area contributed by atoms with Gasteiger partial charge in [-0.1, -0.05) is 40.9 Å². The van der Waals surface area contributed by atoms with Gasteiger partial charge in [-0.25, -0.2) is 13.6 Å². The lowest BCUT2D eigenvalue weighted by atomic mass is 9.84. The summed E-state index contributed by atoms with van der Waals surface area (Å²) in [6.07, 6.45) is 0.516. The lowest BCUT2D eigenvalue weighted by molar-refractivity contribution is 0.0518. The van der Waals surface area contributed by atoms with Crippen molar-refractivity contribution in [2.45, 2.75) is 23.3 Å². The predicted octanol–water partition coefficient (Wildman–Crippen LogP) is 5.06. The number of nitrogens with zero attached hydrogens (tertiary/aromatic N) is 2. The average molecular weight is 581 g/mol. The number of nitrogens with two attached hydrogens (primary N) is 1. The Kier molecular flexibility index (Phi) is 8.16. The lowest BCUT2D eigenvalue weighted by Gasteiger charge is -2.43. The molecule has 0 spiro atoms. The third-order valence-corrected chi connectivity index (χ3v) is 8.49. The quantitative estimate of drug-likeness (QED) is 0.456. The molecular formula is C26H24Cl3N3O4S. The van der Waals surface area contributed by atoms with Crippen LogP contribution in [-0.2, 0) is 10.0 Å². The van der Waals surface area contributed by atoms with Gasteiger partial charge in [0.25, 0.3) is 11.8 Å². The van der Waals surface area contributed by atoms with Crippen molar-refractivity contribution in [3.8, 4) is 0 Å². The zero-order valence-corrected chi connectivity index (χ0v) is 22.9. The van der Waals surface area contributed by atoms with Crippen molar-refractivity contribution in [2.75, 3.05) is 20.1 Å². The van der Waals surface area contributed by atoms with Crippen molar-refractivity contribution >= 4 is 56.6 Å². The van der Waals surface area contributed by atoms with E-state index in [0.717, 1.165) is 5.56 Å². The summed E-state index contributed by atoms with van der Waals surface area (Å²) < 4.78 is 23.1. The number of hydrogen-bond donors (Lipinski definition) is 1. The van der Waals surface area contributed by atoms with Crippen LogP contribution >= 0.6 is 34.8 Å². The SMILES string of the molecule is CN(C(=O)c1ccc(Cl)cc1)[C@@H]1CCN(C(=O)c2ccc(S(N)(=O)=O)cc2)C[C@H]1c1ccc(Cl)c(Cl)c1. The zero-order chi connectivity index (χ0) is 26.9. The fraction of sp³-hybridized carbons (Fsp3) is 0.231. The Morgan fingerprint density at radius 3 is 2.14 bits per heavy atom. The van der Waals surface area contributed by atoms with Gasteiger partial charge in [0.15, 0.2) is 0 Å². The number of primary sulfonamides is 1. The van der Waals surface area contributed by atoms with Crippen molar-refractivity contribution in [3.63, 3.8) is 0 Å². The molecule has 3 aromatic rings. The van der Waals surface area contributed by atoms with Crippen LogP contribution in [0, 0.1) is 0 Å². The summed E-state index contributed by atoms with van der Waals surface area (Å²) in [5.74, 6) is -0.668. The lowest BCUT2D eigenvalue weighted by Crippen LogP contribution is -2.51. The van der Waals surface area contributed by atoms with Crippen LogP contribution in [-0.4, -0.2) is 56.2 Å². The molecular weight excluding hydrogens is 557 g/mol. The fourth-order valence-electron chi connectivity index (χ4n) is 4.57. The van der Waals surface area contributed by atoms with Crippen LogP contribution < -0.4 is 5.14 Å². The van der Waals surface area contributed by atoms with E-state index in [1.54, 1.807) is 53.2 Å². The second-order valence-corrected chi connectivity index (χ2v) is 11.7. The van der Waals surface area contributed by atoms with Crippen molar-refractivity contribution in [1.29, 1.82) is 0 Å². The van der Waals surface area contributed by atoms with Gasteiger partial charge in [0.05, 0.1) is 14.9 Å². The van der Waals surface area contributed by atoms with E-state index in [1.807, 2.05) is 6.07 Å². The molecule has 0 aliphatic carbocycles. The minimum absolute atomic E-state index is 0.0706. The maximum atomic E-state index is 13.3. The molecule has 1 heterocycles. The first-order valence-electron chi connectivity index (χ1n) is 11.4. The third kappa shape index (κ3) is 6.10. The molecule has 1 aliphatic rings. The summed E-state index contributed by atoms with van der Waals surface area (Å²) in [6, 6.07) is 17.3. The summed E-state index contributed by atoms with van der Waals surface area (Å²) in [6.45, 7) is 0.715. The van der Waals surface area contributed by atoms with Crippen LogP contribution in [0.25, 0.3) is 0 Å². The highest BCUT2D eigenvalue weighted by molar-refractivity contribution is 7.89. The first-order chi connectivity index (χ1) is 17.5. The molecule has 2 atom stereocenters. The molecule has 194 valence electrons. The van der Waals surface area contributed by atoms with Gasteiger partial charge in [0.2, 0.25) is 10.0 Å². The van der Waals surface area contributed by atoms with E-state index in [0.29, 0.717) is 45.7 Å². The number of carbonyl (C=O) groups excluding carboxylic acids is 2. The number of carbonyl (C=O) groups is 2. The molecule has 1 aliphatic heterocycles. The van der Waals surface area contributed by atoms with Crippen LogP contribution in [0.5, 0.6) is 0 Å². The Morgan fingerprint density at radius 2 is 1.54 bits per heavy atom. The Labute approximate surface area is 230 Å². The van der Waals surface area contributed by atoms with E-state index < -0.39 is 10.0 Å². The van der Waals surface area contributed by atoms with Gasteiger partial charge in [-0.15, -0.1) is 0 Å². The van der Waals surface area contributed by atoms with E-state index in [4.69, 9.17) is 39.9 Å². The minimum atomic E-state index is -3.87. The number of piperidine rings is 1. The molecule has 0 unspecified atom stereocenters. The van der Waals surface area contributed by atoms with Gasteiger partial charge < -0.3 is 9.80 Å². The van der Waals surface area contributed by atoms with E-state index >= 15 is 0 Å². The summed E-state index contributed by atoms with van der Waals surface area (Å²) >= 11 is 18.4. The number of likely N-dealkylation sites (tertiary alicyclic amines) is 1. The van der Waals surface area contributed by atoms with Crippen LogP contribution in [0.1, 0.15) is 38.6 Å². The highest BCUT2D eigenvalue weighted by atomic mass is 35.5. The second-order valence-electron chi connectivity index (χ2n) is 8.88. The zero-order valence-electron chi connectivity index (χ0n) is 19.8. The number of sulfonamides is 1. The minimum Gasteiger partial charge on any atom is -0.338 e. The first-order valence-corrected chi connectivity index (χ1v) is 14.0. The number of halogens is 3. The summed E-state index contributed by atoms with van der Waals surface area (Å²) in [5.41, 5.74) is 1.69. The summed E-state index contributed by atoms with van der Waals surface area (Å²) in [7, 11) is -2.12. The summed E-state index contributed by atoms with van der Waals surface area (Å²) in [4.78, 5) is 29.9. The molecule has 4 rings (SSSR count). The van der Waals surface area contributed by atoms with E-state index in [1.165, 1.54) is 24.3 Å². The van der Waals surface area contributed by atoms with Crippen LogP contribution in [0.3, 0.4) is 0 Å². The molecule has 11 heteroatoms. The Balaban J connectivity index is 1.62. The number of hydrogen-bond acceptors (Lipinski definition) is 4. The highest BCUT2D eigenvalue weighted by Crippen LogP contribution is 2.35. The Bertz CT molecular complexity index is 1430. The fourth-order valence-corrected chi connectivity index (χ4v) is 5.52. The van der Waals surface area contributed by atoms with E-state index in [-0.39, 0.29) is 28.7 Å². The van der Waals surface area contributed by atoms with Gasteiger partial charge in [-0.05, 0) is 72.6 Å². The molecule has 1 fully saturated rings. The van der Waals surface area contributed by atoms with Crippen molar-refractivity contribution in [2.24, 2.45) is 5.14 Å². The maximum Gasteiger partial charge on any atom is 0.253 e. The van der Waals surface area contributed by atoms with Gasteiger partial charge in [0.1, 0.15) is 0 Å². The number of rotatable bonds is 5. The Morgan fingerprint density at radius 1 is 0.919 bits per heavy atom. The normalized spacial score (nSPS) is 17.9. The second kappa shape index (κ2) is 11.0. The van der Waals surface area contributed by atoms with Gasteiger partial charge >= 0.3 is 0 Å². The van der Waals surface area contributed by atoms with Crippen molar-refractivity contribution < 1.29 is 18.0 Å². The number of benzene rings is 3. The largest absolute Gasteiger partial charge is 0.338 e. The van der Waals surface area contributed by atoms with Crippen molar-refractivity contribution in [1.82, 2.24) is 9.80 Å².